The molecule has 0 bridgehead atoms. The zero-order valence-corrected chi connectivity index (χ0v) is 10.4. The monoisotopic (exact) mass is 205 g/mol. The van der Waals surface area contributed by atoms with Crippen LogP contribution in [0.15, 0.2) is 24.3 Å². The minimum absolute atomic E-state index is 0.629. The van der Waals surface area contributed by atoms with Crippen LogP contribution in [0.2, 0.25) is 0 Å². The van der Waals surface area contributed by atoms with Gasteiger partial charge in [-0.15, -0.1) is 0 Å². The first-order chi connectivity index (χ1) is 7.15. The summed E-state index contributed by atoms with van der Waals surface area (Å²) >= 11 is 0. The number of benzene rings is 1. The lowest BCUT2D eigenvalue weighted by Crippen LogP contribution is -2.31. The van der Waals surface area contributed by atoms with Gasteiger partial charge in [0.1, 0.15) is 0 Å². The highest BCUT2D eigenvalue weighted by molar-refractivity contribution is 5.25. The molecule has 0 aliphatic heterocycles. The summed E-state index contributed by atoms with van der Waals surface area (Å²) in [6.45, 7) is 6.75. The Bertz CT molecular complexity index is 291. The van der Waals surface area contributed by atoms with E-state index in [0.29, 0.717) is 12.0 Å². The Hall–Kier alpha value is -0.820. The van der Waals surface area contributed by atoms with E-state index in [4.69, 9.17) is 0 Å². The van der Waals surface area contributed by atoms with E-state index in [9.17, 15) is 0 Å². The van der Waals surface area contributed by atoms with Crippen LogP contribution in [0.3, 0.4) is 0 Å². The van der Waals surface area contributed by atoms with Gasteiger partial charge in [-0.25, -0.2) is 0 Å². The van der Waals surface area contributed by atoms with Crippen molar-refractivity contribution in [2.75, 3.05) is 7.05 Å². The third-order valence-corrected chi connectivity index (χ3v) is 3.16. The molecule has 15 heavy (non-hydrogen) atoms. The smallest absolute Gasteiger partial charge is 0.00902 e. The van der Waals surface area contributed by atoms with Gasteiger partial charge in [-0.05, 0) is 43.9 Å². The van der Waals surface area contributed by atoms with Crippen molar-refractivity contribution in [3.63, 3.8) is 0 Å². The molecule has 0 saturated carbocycles. The van der Waals surface area contributed by atoms with Crippen LogP contribution < -0.4 is 5.32 Å². The molecule has 1 unspecified atom stereocenters. The third-order valence-electron chi connectivity index (χ3n) is 3.16. The van der Waals surface area contributed by atoms with E-state index in [1.165, 1.54) is 24.0 Å². The molecule has 1 aromatic rings. The molecule has 0 aromatic heterocycles. The molecule has 0 aliphatic rings. The molecule has 1 heteroatoms. The normalized spacial score (nSPS) is 13.1. The standard InChI is InChI=1S/C14H23N/c1-11(2)14(15-4)10-9-13-8-6-5-7-12(13)3/h5-8,11,14-15H,9-10H2,1-4H3. The molecule has 1 nitrogen and oxygen atoms in total. The van der Waals surface area contributed by atoms with E-state index in [2.05, 4.69) is 57.4 Å². The number of nitrogens with one attached hydrogen (secondary N) is 1. The second kappa shape index (κ2) is 5.92. The van der Waals surface area contributed by atoms with Gasteiger partial charge in [0.2, 0.25) is 0 Å². The third kappa shape index (κ3) is 3.67. The molecule has 0 heterocycles. The molecule has 0 fully saturated rings. The van der Waals surface area contributed by atoms with Crippen LogP contribution in [0, 0.1) is 12.8 Å². The van der Waals surface area contributed by atoms with Crippen molar-refractivity contribution < 1.29 is 0 Å². The summed E-state index contributed by atoms with van der Waals surface area (Å²) in [7, 11) is 2.06. The zero-order valence-electron chi connectivity index (χ0n) is 10.4. The van der Waals surface area contributed by atoms with Crippen molar-refractivity contribution in [3.8, 4) is 0 Å². The predicted molar refractivity (Wildman–Crippen MR) is 67.2 cm³/mol. The summed E-state index contributed by atoms with van der Waals surface area (Å²) < 4.78 is 0. The van der Waals surface area contributed by atoms with E-state index >= 15 is 0 Å². The summed E-state index contributed by atoms with van der Waals surface area (Å²) in [5.74, 6) is 0.707. The fourth-order valence-electron chi connectivity index (χ4n) is 2.01. The Labute approximate surface area is 93.9 Å². The molecular formula is C14H23N. The zero-order chi connectivity index (χ0) is 11.3. The Morgan fingerprint density at radius 1 is 1.20 bits per heavy atom. The highest BCUT2D eigenvalue weighted by atomic mass is 14.9. The Morgan fingerprint density at radius 2 is 1.87 bits per heavy atom. The van der Waals surface area contributed by atoms with Gasteiger partial charge in [-0.3, -0.25) is 0 Å². The van der Waals surface area contributed by atoms with Gasteiger partial charge in [0, 0.05) is 6.04 Å². The molecule has 0 radical (unpaired) electrons. The number of rotatable bonds is 5. The van der Waals surface area contributed by atoms with Gasteiger partial charge in [0.15, 0.2) is 0 Å². The molecule has 1 N–H and O–H groups in total. The predicted octanol–water partition coefficient (Wildman–Crippen LogP) is 3.17. The second-order valence-electron chi connectivity index (χ2n) is 4.60. The molecule has 84 valence electrons. The van der Waals surface area contributed by atoms with Crippen molar-refractivity contribution in [1.29, 1.82) is 0 Å². The molecule has 1 aromatic carbocycles. The number of hydrogen-bond acceptors (Lipinski definition) is 1. The largest absolute Gasteiger partial charge is 0.317 e. The minimum Gasteiger partial charge on any atom is -0.317 e. The molecule has 0 aliphatic carbocycles. The van der Waals surface area contributed by atoms with Crippen LogP contribution in [0.1, 0.15) is 31.4 Å². The van der Waals surface area contributed by atoms with Crippen LogP contribution in [-0.4, -0.2) is 13.1 Å². The van der Waals surface area contributed by atoms with Crippen molar-refractivity contribution >= 4 is 0 Å². The molecular weight excluding hydrogens is 182 g/mol. The summed E-state index contributed by atoms with van der Waals surface area (Å²) in [6, 6.07) is 9.30. The summed E-state index contributed by atoms with van der Waals surface area (Å²) in [5.41, 5.74) is 2.90. The van der Waals surface area contributed by atoms with Crippen LogP contribution in [0.25, 0.3) is 0 Å². The summed E-state index contributed by atoms with van der Waals surface area (Å²) in [5, 5.41) is 3.39. The number of aryl methyl sites for hydroxylation is 2. The molecule has 0 saturated heterocycles. The van der Waals surface area contributed by atoms with E-state index in [1.807, 2.05) is 0 Å². The minimum atomic E-state index is 0.629. The fraction of sp³-hybridized carbons (Fsp3) is 0.571. The van der Waals surface area contributed by atoms with Crippen LogP contribution in [0.4, 0.5) is 0 Å². The molecule has 1 rings (SSSR count). The topological polar surface area (TPSA) is 12.0 Å². The maximum Gasteiger partial charge on any atom is 0.00902 e. The maximum absolute atomic E-state index is 3.39. The van der Waals surface area contributed by atoms with E-state index in [1.54, 1.807) is 0 Å². The summed E-state index contributed by atoms with van der Waals surface area (Å²) in [4.78, 5) is 0. The first kappa shape index (κ1) is 12.3. The lowest BCUT2D eigenvalue weighted by molar-refractivity contribution is 0.402. The lowest BCUT2D eigenvalue weighted by Gasteiger charge is -2.20. The second-order valence-corrected chi connectivity index (χ2v) is 4.60. The lowest BCUT2D eigenvalue weighted by atomic mass is 9.95. The number of hydrogen-bond donors (Lipinski definition) is 1. The van der Waals surface area contributed by atoms with Crippen molar-refractivity contribution in [2.24, 2.45) is 5.92 Å². The van der Waals surface area contributed by atoms with Gasteiger partial charge >= 0.3 is 0 Å². The highest BCUT2D eigenvalue weighted by Crippen LogP contribution is 2.13. The van der Waals surface area contributed by atoms with E-state index in [0.717, 1.165) is 0 Å². The van der Waals surface area contributed by atoms with Crippen molar-refractivity contribution in [3.05, 3.63) is 35.4 Å². The quantitative estimate of drug-likeness (QED) is 0.778. The fourth-order valence-corrected chi connectivity index (χ4v) is 2.01. The summed E-state index contributed by atoms with van der Waals surface area (Å²) in [6.07, 6.45) is 2.40. The molecule has 0 spiro atoms. The van der Waals surface area contributed by atoms with Gasteiger partial charge in [-0.2, -0.15) is 0 Å². The molecule has 1 atom stereocenters. The van der Waals surface area contributed by atoms with Crippen LogP contribution in [0.5, 0.6) is 0 Å². The van der Waals surface area contributed by atoms with Gasteiger partial charge in [-0.1, -0.05) is 38.1 Å². The van der Waals surface area contributed by atoms with Gasteiger partial charge in [0.25, 0.3) is 0 Å². The SMILES string of the molecule is CNC(CCc1ccccc1C)C(C)C. The first-order valence-electron chi connectivity index (χ1n) is 5.87. The van der Waals surface area contributed by atoms with Crippen LogP contribution >= 0.6 is 0 Å². The Balaban J connectivity index is 2.53. The Morgan fingerprint density at radius 3 is 2.40 bits per heavy atom. The van der Waals surface area contributed by atoms with Crippen LogP contribution in [-0.2, 0) is 6.42 Å². The van der Waals surface area contributed by atoms with E-state index in [-0.39, 0.29) is 0 Å². The highest BCUT2D eigenvalue weighted by Gasteiger charge is 2.10. The Kier molecular flexibility index (Phi) is 4.83. The maximum atomic E-state index is 3.39. The van der Waals surface area contributed by atoms with Crippen molar-refractivity contribution in [1.82, 2.24) is 5.32 Å². The average molecular weight is 205 g/mol. The van der Waals surface area contributed by atoms with Gasteiger partial charge in [0.05, 0.1) is 0 Å². The molecule has 0 amide bonds. The average Bonchev–Trinajstić information content (AvgIpc) is 2.21. The van der Waals surface area contributed by atoms with Gasteiger partial charge < -0.3 is 5.32 Å². The van der Waals surface area contributed by atoms with E-state index < -0.39 is 0 Å². The van der Waals surface area contributed by atoms with Crippen molar-refractivity contribution in [2.45, 2.75) is 39.7 Å². The first-order valence-corrected chi connectivity index (χ1v) is 5.87.